The summed E-state index contributed by atoms with van der Waals surface area (Å²) in [6, 6.07) is 4.56. The Bertz CT molecular complexity index is 727. The highest BCUT2D eigenvalue weighted by Crippen LogP contribution is 2.23. The lowest BCUT2D eigenvalue weighted by Gasteiger charge is -2.18. The van der Waals surface area contributed by atoms with Crippen LogP contribution >= 0.6 is 11.6 Å². The number of rotatable bonds is 6. The van der Waals surface area contributed by atoms with Gasteiger partial charge in [0.1, 0.15) is 5.65 Å². The summed E-state index contributed by atoms with van der Waals surface area (Å²) >= 11 is 5.97. The highest BCUT2D eigenvalue weighted by molar-refractivity contribution is 7.89. The molecule has 0 saturated carbocycles. The molecule has 0 saturated heterocycles. The summed E-state index contributed by atoms with van der Waals surface area (Å²) in [5, 5.41) is 9.14. The zero-order chi connectivity index (χ0) is 15.6. The molecule has 116 valence electrons. The van der Waals surface area contributed by atoms with E-state index in [2.05, 4.69) is 9.71 Å². The summed E-state index contributed by atoms with van der Waals surface area (Å²) in [5.74, 6) is 0.252. The van der Waals surface area contributed by atoms with Crippen LogP contribution in [-0.4, -0.2) is 35.6 Å². The minimum Gasteiger partial charge on any atom is -0.395 e. The lowest BCUT2D eigenvalue weighted by Crippen LogP contribution is -2.38. The van der Waals surface area contributed by atoms with Gasteiger partial charge in [0.2, 0.25) is 0 Å². The van der Waals surface area contributed by atoms with Gasteiger partial charge < -0.3 is 5.11 Å². The van der Waals surface area contributed by atoms with Gasteiger partial charge >= 0.3 is 0 Å². The predicted octanol–water partition coefficient (Wildman–Crippen LogP) is 1.67. The molecule has 0 aromatic carbocycles. The van der Waals surface area contributed by atoms with Crippen molar-refractivity contribution in [1.29, 1.82) is 0 Å². The van der Waals surface area contributed by atoms with E-state index in [4.69, 9.17) is 11.6 Å². The molecule has 1 atom stereocenters. The number of aliphatic hydroxyl groups is 1. The van der Waals surface area contributed by atoms with E-state index in [-0.39, 0.29) is 22.7 Å². The van der Waals surface area contributed by atoms with Crippen LogP contribution < -0.4 is 4.72 Å². The second kappa shape index (κ2) is 6.31. The van der Waals surface area contributed by atoms with E-state index in [9.17, 15) is 13.5 Å². The molecule has 8 heteroatoms. The Labute approximate surface area is 128 Å². The van der Waals surface area contributed by atoms with Gasteiger partial charge in [-0.1, -0.05) is 31.5 Å². The van der Waals surface area contributed by atoms with Crippen LogP contribution in [0.5, 0.6) is 0 Å². The van der Waals surface area contributed by atoms with Gasteiger partial charge in [0.15, 0.2) is 10.2 Å². The number of nitrogens with one attached hydrogen (secondary N) is 1. The van der Waals surface area contributed by atoms with Gasteiger partial charge in [-0.2, -0.15) is 0 Å². The van der Waals surface area contributed by atoms with Crippen LogP contribution in [0.1, 0.15) is 20.3 Å². The van der Waals surface area contributed by atoms with Crippen molar-refractivity contribution in [2.45, 2.75) is 31.3 Å². The SMILES string of the molecule is CC(C)CC(CO)NS(=O)(=O)c1c(Cl)nc2ccccn12. The molecule has 2 N–H and O–H groups in total. The number of hydrogen-bond acceptors (Lipinski definition) is 4. The number of imidazole rings is 1. The zero-order valence-electron chi connectivity index (χ0n) is 11.8. The number of aliphatic hydroxyl groups excluding tert-OH is 1. The molecular weight excluding hydrogens is 314 g/mol. The van der Waals surface area contributed by atoms with Crippen LogP contribution in [0.2, 0.25) is 5.15 Å². The summed E-state index contributed by atoms with van der Waals surface area (Å²) in [6.07, 6.45) is 2.11. The second-order valence-corrected chi connectivity index (χ2v) is 7.25. The fourth-order valence-electron chi connectivity index (χ4n) is 2.19. The van der Waals surface area contributed by atoms with Crippen LogP contribution in [0.3, 0.4) is 0 Å². The summed E-state index contributed by atoms with van der Waals surface area (Å²) in [6.45, 7) is 3.64. The number of aromatic nitrogens is 2. The lowest BCUT2D eigenvalue weighted by atomic mass is 10.1. The summed E-state index contributed by atoms with van der Waals surface area (Å²) in [5.41, 5.74) is 0.451. The highest BCUT2D eigenvalue weighted by Gasteiger charge is 2.27. The highest BCUT2D eigenvalue weighted by atomic mass is 35.5. The topological polar surface area (TPSA) is 83.7 Å². The molecule has 0 aliphatic rings. The Kier molecular flexibility index (Phi) is 4.88. The van der Waals surface area contributed by atoms with Crippen molar-refractivity contribution in [3.05, 3.63) is 29.5 Å². The number of pyridine rings is 1. The molecule has 2 aromatic rings. The maximum atomic E-state index is 12.5. The Balaban J connectivity index is 2.40. The molecule has 0 radical (unpaired) electrons. The van der Waals surface area contributed by atoms with Gasteiger partial charge in [-0.15, -0.1) is 0 Å². The predicted molar refractivity (Wildman–Crippen MR) is 80.9 cm³/mol. The van der Waals surface area contributed by atoms with E-state index in [0.29, 0.717) is 12.1 Å². The summed E-state index contributed by atoms with van der Waals surface area (Å²) in [7, 11) is -3.87. The number of hydrogen-bond donors (Lipinski definition) is 2. The Morgan fingerprint density at radius 2 is 2.14 bits per heavy atom. The zero-order valence-corrected chi connectivity index (χ0v) is 13.4. The molecule has 6 nitrogen and oxygen atoms in total. The molecule has 0 amide bonds. The van der Waals surface area contributed by atoms with E-state index >= 15 is 0 Å². The first-order chi connectivity index (χ1) is 9.85. The Morgan fingerprint density at radius 3 is 2.76 bits per heavy atom. The van der Waals surface area contributed by atoms with E-state index in [1.54, 1.807) is 24.4 Å². The van der Waals surface area contributed by atoms with E-state index in [1.165, 1.54) is 4.40 Å². The fourth-order valence-corrected chi connectivity index (χ4v) is 4.07. The Morgan fingerprint density at radius 1 is 1.43 bits per heavy atom. The molecule has 0 aliphatic carbocycles. The van der Waals surface area contributed by atoms with Crippen molar-refractivity contribution in [1.82, 2.24) is 14.1 Å². The molecule has 1 unspecified atom stereocenters. The van der Waals surface area contributed by atoms with Gasteiger partial charge in [-0.3, -0.25) is 4.40 Å². The molecular formula is C13H18ClN3O3S. The van der Waals surface area contributed by atoms with Crippen molar-refractivity contribution in [2.24, 2.45) is 5.92 Å². The smallest absolute Gasteiger partial charge is 0.260 e. The van der Waals surface area contributed by atoms with Crippen LogP contribution in [0.15, 0.2) is 29.4 Å². The second-order valence-electron chi connectivity index (χ2n) is 5.27. The third kappa shape index (κ3) is 3.55. The molecule has 2 aromatic heterocycles. The summed E-state index contributed by atoms with van der Waals surface area (Å²) < 4.78 is 28.9. The van der Waals surface area contributed by atoms with Crippen LogP contribution in [0, 0.1) is 5.92 Å². The van der Waals surface area contributed by atoms with Gasteiger partial charge in [0, 0.05) is 12.2 Å². The molecule has 2 rings (SSSR count). The first-order valence-electron chi connectivity index (χ1n) is 6.61. The van der Waals surface area contributed by atoms with Crippen molar-refractivity contribution >= 4 is 27.3 Å². The number of fused-ring (bicyclic) bond motifs is 1. The van der Waals surface area contributed by atoms with Crippen molar-refractivity contribution in [3.63, 3.8) is 0 Å². The first-order valence-corrected chi connectivity index (χ1v) is 8.47. The minimum atomic E-state index is -3.87. The van der Waals surface area contributed by atoms with E-state index in [1.807, 2.05) is 13.8 Å². The first kappa shape index (κ1) is 16.2. The molecule has 21 heavy (non-hydrogen) atoms. The molecule has 0 spiro atoms. The van der Waals surface area contributed by atoms with Gasteiger partial charge in [-0.25, -0.2) is 18.1 Å². The standard InChI is InChI=1S/C13H18ClN3O3S/c1-9(2)7-10(8-18)16-21(19,20)13-12(14)15-11-5-3-4-6-17(11)13/h3-6,9-10,16,18H,7-8H2,1-2H3. The third-order valence-corrected chi connectivity index (χ3v) is 4.92. The maximum absolute atomic E-state index is 12.5. The third-order valence-electron chi connectivity index (χ3n) is 3.00. The maximum Gasteiger partial charge on any atom is 0.260 e. The minimum absolute atomic E-state index is 0.0880. The molecule has 2 heterocycles. The average Bonchev–Trinajstić information content (AvgIpc) is 2.73. The van der Waals surface area contributed by atoms with E-state index < -0.39 is 16.1 Å². The molecule has 0 aliphatic heterocycles. The summed E-state index contributed by atoms with van der Waals surface area (Å²) in [4.78, 5) is 4.02. The van der Waals surface area contributed by atoms with Crippen molar-refractivity contribution < 1.29 is 13.5 Å². The lowest BCUT2D eigenvalue weighted by molar-refractivity contribution is 0.240. The fraction of sp³-hybridized carbons (Fsp3) is 0.462. The molecule has 0 bridgehead atoms. The van der Waals surface area contributed by atoms with Crippen LogP contribution in [0.4, 0.5) is 0 Å². The van der Waals surface area contributed by atoms with Crippen molar-refractivity contribution in [2.75, 3.05) is 6.61 Å². The average molecular weight is 332 g/mol. The quantitative estimate of drug-likeness (QED) is 0.843. The van der Waals surface area contributed by atoms with Gasteiger partial charge in [0.05, 0.1) is 6.61 Å². The number of sulfonamides is 1. The van der Waals surface area contributed by atoms with E-state index in [0.717, 1.165) is 0 Å². The van der Waals surface area contributed by atoms with Crippen molar-refractivity contribution in [3.8, 4) is 0 Å². The number of halogens is 1. The normalized spacial score (nSPS) is 14.0. The van der Waals surface area contributed by atoms with Crippen LogP contribution in [0.25, 0.3) is 5.65 Å². The van der Waals surface area contributed by atoms with Gasteiger partial charge in [0.25, 0.3) is 10.0 Å². The van der Waals surface area contributed by atoms with Crippen LogP contribution in [-0.2, 0) is 10.0 Å². The monoisotopic (exact) mass is 331 g/mol. The molecule has 0 fully saturated rings. The Hall–Kier alpha value is -1.15. The largest absolute Gasteiger partial charge is 0.395 e. The number of nitrogens with zero attached hydrogens (tertiary/aromatic N) is 2. The van der Waals surface area contributed by atoms with Gasteiger partial charge in [-0.05, 0) is 24.5 Å².